The van der Waals surface area contributed by atoms with Gasteiger partial charge in [-0.2, -0.15) is 0 Å². The maximum absolute atomic E-state index is 11.5. The van der Waals surface area contributed by atoms with Crippen molar-refractivity contribution in [2.45, 2.75) is 71.8 Å². The van der Waals surface area contributed by atoms with E-state index in [0.717, 1.165) is 36.1 Å². The van der Waals surface area contributed by atoms with Crippen molar-refractivity contribution in [1.82, 2.24) is 0 Å². The number of allylic oxidation sites excluding steroid dienone is 2. The zero-order chi connectivity index (χ0) is 15.9. The van der Waals surface area contributed by atoms with E-state index in [9.17, 15) is 4.79 Å². The number of carbonyl (C=O) groups excluding carboxylic acids is 1. The van der Waals surface area contributed by atoms with Crippen LogP contribution >= 0.6 is 0 Å². The number of aryl methyl sites for hydroxylation is 1. The zero-order valence-electron chi connectivity index (χ0n) is 14.2. The van der Waals surface area contributed by atoms with Crippen LogP contribution in [0.3, 0.4) is 0 Å². The lowest BCUT2D eigenvalue weighted by Gasteiger charge is -2.19. The number of ketones is 1. The summed E-state index contributed by atoms with van der Waals surface area (Å²) in [6, 6.07) is 5.78. The van der Waals surface area contributed by atoms with Crippen molar-refractivity contribution in [2.24, 2.45) is 0 Å². The van der Waals surface area contributed by atoms with Gasteiger partial charge in [0.1, 0.15) is 5.75 Å². The molecule has 2 nitrogen and oxygen atoms in total. The highest BCUT2D eigenvalue weighted by atomic mass is 16.5. The van der Waals surface area contributed by atoms with Gasteiger partial charge in [-0.05, 0) is 82.6 Å². The Bertz CT molecular complexity index is 543. The summed E-state index contributed by atoms with van der Waals surface area (Å²) < 4.78 is 6.12. The summed E-state index contributed by atoms with van der Waals surface area (Å²) in [5.74, 6) is 1.04. The number of Topliss-reactive ketones (excluding diaryl/α,β-unsaturated/α-hetero) is 1. The van der Waals surface area contributed by atoms with Gasteiger partial charge in [-0.1, -0.05) is 18.6 Å². The summed E-state index contributed by atoms with van der Waals surface area (Å²) in [6.45, 7) is 5.85. The van der Waals surface area contributed by atoms with Gasteiger partial charge < -0.3 is 4.74 Å². The second-order valence-corrected chi connectivity index (χ2v) is 6.31. The first kappa shape index (κ1) is 16.8. The van der Waals surface area contributed by atoms with Gasteiger partial charge >= 0.3 is 0 Å². The summed E-state index contributed by atoms with van der Waals surface area (Å²) in [4.78, 5) is 11.5. The van der Waals surface area contributed by atoms with Gasteiger partial charge in [-0.25, -0.2) is 0 Å². The summed E-state index contributed by atoms with van der Waals surface area (Å²) in [5, 5.41) is 0. The molecule has 0 aromatic heterocycles. The summed E-state index contributed by atoms with van der Waals surface area (Å²) in [5.41, 5.74) is 3.49. The van der Waals surface area contributed by atoms with Crippen LogP contribution in [0.25, 0.3) is 0 Å². The molecule has 1 atom stereocenters. The van der Waals surface area contributed by atoms with Crippen LogP contribution in [-0.4, -0.2) is 11.9 Å². The SMILES string of the molecule is CCc1cc(C(C)=O)ccc1OC(C)CCC1=CCCCC1. The van der Waals surface area contributed by atoms with Crippen LogP contribution < -0.4 is 4.74 Å². The Labute approximate surface area is 134 Å². The highest BCUT2D eigenvalue weighted by Gasteiger charge is 2.11. The minimum absolute atomic E-state index is 0.110. The van der Waals surface area contributed by atoms with E-state index in [1.165, 1.54) is 25.7 Å². The Morgan fingerprint density at radius 3 is 2.77 bits per heavy atom. The van der Waals surface area contributed by atoms with Crippen molar-refractivity contribution in [3.8, 4) is 5.75 Å². The zero-order valence-corrected chi connectivity index (χ0v) is 14.2. The van der Waals surface area contributed by atoms with Gasteiger partial charge in [0.15, 0.2) is 5.78 Å². The lowest BCUT2D eigenvalue weighted by molar-refractivity contribution is 0.101. The lowest BCUT2D eigenvalue weighted by Crippen LogP contribution is -2.13. The van der Waals surface area contributed by atoms with Gasteiger partial charge in [0.05, 0.1) is 6.10 Å². The Hall–Kier alpha value is -1.57. The Balaban J connectivity index is 1.94. The van der Waals surface area contributed by atoms with E-state index in [4.69, 9.17) is 4.74 Å². The number of hydrogen-bond acceptors (Lipinski definition) is 2. The number of benzene rings is 1. The second kappa shape index (κ2) is 8.17. The maximum atomic E-state index is 11.5. The monoisotopic (exact) mass is 300 g/mol. The standard InChI is InChI=1S/C20H28O2/c1-4-18-14-19(16(3)21)12-13-20(18)22-15(2)10-11-17-8-6-5-7-9-17/h8,12-15H,4-7,9-11H2,1-3H3. The molecule has 0 aliphatic heterocycles. The molecule has 1 unspecified atom stereocenters. The van der Waals surface area contributed by atoms with Crippen LogP contribution in [0.5, 0.6) is 5.75 Å². The maximum Gasteiger partial charge on any atom is 0.159 e. The minimum atomic E-state index is 0.110. The predicted molar refractivity (Wildman–Crippen MR) is 91.7 cm³/mol. The first-order valence-electron chi connectivity index (χ1n) is 8.58. The van der Waals surface area contributed by atoms with E-state index < -0.39 is 0 Å². The van der Waals surface area contributed by atoms with Crippen LogP contribution in [-0.2, 0) is 6.42 Å². The average molecular weight is 300 g/mol. The fourth-order valence-electron chi connectivity index (χ4n) is 2.99. The Morgan fingerprint density at radius 1 is 1.32 bits per heavy atom. The van der Waals surface area contributed by atoms with Gasteiger partial charge in [0, 0.05) is 5.56 Å². The molecule has 0 N–H and O–H groups in total. The molecule has 120 valence electrons. The van der Waals surface area contributed by atoms with Crippen molar-refractivity contribution in [3.63, 3.8) is 0 Å². The molecule has 1 aliphatic carbocycles. The van der Waals surface area contributed by atoms with E-state index in [1.54, 1.807) is 12.5 Å². The van der Waals surface area contributed by atoms with E-state index in [1.807, 2.05) is 18.2 Å². The third-order valence-electron chi connectivity index (χ3n) is 4.43. The molecule has 2 heteroatoms. The molecule has 0 spiro atoms. The highest BCUT2D eigenvalue weighted by molar-refractivity contribution is 5.94. The highest BCUT2D eigenvalue weighted by Crippen LogP contribution is 2.25. The predicted octanol–water partition coefficient (Wildman–Crippen LogP) is 5.50. The van der Waals surface area contributed by atoms with Crippen molar-refractivity contribution in [3.05, 3.63) is 41.0 Å². The Kier molecular flexibility index (Phi) is 6.23. The second-order valence-electron chi connectivity index (χ2n) is 6.31. The van der Waals surface area contributed by atoms with Crippen molar-refractivity contribution < 1.29 is 9.53 Å². The van der Waals surface area contributed by atoms with Crippen molar-refractivity contribution in [1.29, 1.82) is 0 Å². The summed E-state index contributed by atoms with van der Waals surface area (Å²) in [7, 11) is 0. The molecule has 0 radical (unpaired) electrons. The number of hydrogen-bond donors (Lipinski definition) is 0. The Morgan fingerprint density at radius 2 is 2.14 bits per heavy atom. The third kappa shape index (κ3) is 4.72. The fraction of sp³-hybridized carbons (Fsp3) is 0.550. The third-order valence-corrected chi connectivity index (χ3v) is 4.43. The van der Waals surface area contributed by atoms with Crippen molar-refractivity contribution in [2.75, 3.05) is 0 Å². The molecule has 0 bridgehead atoms. The molecule has 2 rings (SSSR count). The van der Waals surface area contributed by atoms with Crippen LogP contribution in [0.15, 0.2) is 29.8 Å². The smallest absolute Gasteiger partial charge is 0.159 e. The first-order valence-corrected chi connectivity index (χ1v) is 8.58. The van der Waals surface area contributed by atoms with Gasteiger partial charge in [-0.3, -0.25) is 4.79 Å². The molecule has 0 saturated carbocycles. The lowest BCUT2D eigenvalue weighted by atomic mass is 9.95. The number of rotatable bonds is 7. The molecule has 0 heterocycles. The van der Waals surface area contributed by atoms with E-state index in [-0.39, 0.29) is 11.9 Å². The normalized spacial score (nSPS) is 16.0. The largest absolute Gasteiger partial charge is 0.490 e. The van der Waals surface area contributed by atoms with E-state index in [2.05, 4.69) is 19.9 Å². The molecular weight excluding hydrogens is 272 g/mol. The van der Waals surface area contributed by atoms with Crippen LogP contribution in [0.2, 0.25) is 0 Å². The average Bonchev–Trinajstić information content (AvgIpc) is 2.54. The van der Waals surface area contributed by atoms with Gasteiger partial charge in [0.2, 0.25) is 0 Å². The van der Waals surface area contributed by atoms with Crippen LogP contribution in [0.4, 0.5) is 0 Å². The summed E-state index contributed by atoms with van der Waals surface area (Å²) in [6.07, 6.45) is 10.9. The number of carbonyl (C=O) groups is 1. The van der Waals surface area contributed by atoms with Gasteiger partial charge in [0.25, 0.3) is 0 Å². The van der Waals surface area contributed by atoms with Gasteiger partial charge in [-0.15, -0.1) is 0 Å². The molecule has 1 aliphatic rings. The molecular formula is C20H28O2. The summed E-state index contributed by atoms with van der Waals surface area (Å²) >= 11 is 0. The topological polar surface area (TPSA) is 26.3 Å². The van der Waals surface area contributed by atoms with Crippen LogP contribution in [0.1, 0.15) is 75.2 Å². The van der Waals surface area contributed by atoms with E-state index in [0.29, 0.717) is 0 Å². The van der Waals surface area contributed by atoms with E-state index >= 15 is 0 Å². The molecule has 1 aromatic rings. The molecule has 22 heavy (non-hydrogen) atoms. The molecule has 0 amide bonds. The minimum Gasteiger partial charge on any atom is -0.490 e. The number of ether oxygens (including phenoxy) is 1. The molecule has 0 saturated heterocycles. The molecule has 0 fully saturated rings. The molecule has 1 aromatic carbocycles. The van der Waals surface area contributed by atoms with Crippen LogP contribution in [0, 0.1) is 0 Å². The quantitative estimate of drug-likeness (QED) is 0.491. The van der Waals surface area contributed by atoms with Crippen molar-refractivity contribution >= 4 is 5.78 Å². The first-order chi connectivity index (χ1) is 10.6. The fourth-order valence-corrected chi connectivity index (χ4v) is 2.99.